The van der Waals surface area contributed by atoms with Gasteiger partial charge in [0.2, 0.25) is 0 Å². The van der Waals surface area contributed by atoms with E-state index in [0.29, 0.717) is 10.9 Å². The maximum atomic E-state index is 5.60. The van der Waals surface area contributed by atoms with Gasteiger partial charge in [-0.05, 0) is 26.7 Å². The largest absolute Gasteiger partial charge is 0.377 e. The van der Waals surface area contributed by atoms with Crippen LogP contribution in [-0.2, 0) is 4.74 Å². The Bertz CT molecular complexity index is 229. The summed E-state index contributed by atoms with van der Waals surface area (Å²) < 4.78 is 6.04. The van der Waals surface area contributed by atoms with Gasteiger partial charge in [0, 0.05) is 49.8 Å². The molecule has 3 nitrogen and oxygen atoms in total. The molecule has 0 aromatic heterocycles. The first-order valence-corrected chi connectivity index (χ1v) is 7.83. The van der Waals surface area contributed by atoms with Crippen LogP contribution in [0.3, 0.4) is 0 Å². The molecule has 0 aliphatic carbocycles. The van der Waals surface area contributed by atoms with E-state index in [1.165, 1.54) is 38.2 Å². The molecule has 1 unspecified atom stereocenters. The van der Waals surface area contributed by atoms with E-state index in [-0.39, 0.29) is 0 Å². The van der Waals surface area contributed by atoms with E-state index < -0.39 is 0 Å². The Kier molecular flexibility index (Phi) is 5.15. The van der Waals surface area contributed by atoms with E-state index in [9.17, 15) is 0 Å². The summed E-state index contributed by atoms with van der Waals surface area (Å²) in [6, 6.07) is 0. The van der Waals surface area contributed by atoms with Crippen molar-refractivity contribution in [2.75, 3.05) is 45.1 Å². The first kappa shape index (κ1) is 13.7. The van der Waals surface area contributed by atoms with Crippen LogP contribution >= 0.6 is 11.8 Å². The number of ether oxygens (including phenoxy) is 1. The van der Waals surface area contributed by atoms with Crippen molar-refractivity contribution >= 4 is 11.8 Å². The van der Waals surface area contributed by atoms with Crippen molar-refractivity contribution in [3.8, 4) is 0 Å². The summed E-state index contributed by atoms with van der Waals surface area (Å²) in [6.07, 6.45) is 2.95. The maximum absolute atomic E-state index is 5.60. The highest BCUT2D eigenvalue weighted by atomic mass is 32.2. The summed E-state index contributed by atoms with van der Waals surface area (Å²) in [7, 11) is 0. The molecule has 0 aromatic carbocycles. The molecule has 1 atom stereocenters. The molecule has 0 amide bonds. The van der Waals surface area contributed by atoms with E-state index >= 15 is 0 Å². The van der Waals surface area contributed by atoms with Gasteiger partial charge in [-0.25, -0.2) is 0 Å². The van der Waals surface area contributed by atoms with Gasteiger partial charge in [0.05, 0.1) is 6.10 Å². The number of nitrogens with one attached hydrogen (secondary N) is 1. The van der Waals surface area contributed by atoms with E-state index in [2.05, 4.69) is 35.8 Å². The minimum atomic E-state index is 0.437. The molecule has 0 spiro atoms. The van der Waals surface area contributed by atoms with Crippen LogP contribution < -0.4 is 5.32 Å². The lowest BCUT2D eigenvalue weighted by atomic mass is 10.2. The fourth-order valence-corrected chi connectivity index (χ4v) is 3.79. The van der Waals surface area contributed by atoms with Crippen LogP contribution in [0.15, 0.2) is 0 Å². The summed E-state index contributed by atoms with van der Waals surface area (Å²) >= 11 is 2.10. The van der Waals surface area contributed by atoms with Crippen LogP contribution in [0, 0.1) is 0 Å². The highest BCUT2D eigenvalue weighted by Gasteiger charge is 2.26. The first-order chi connectivity index (χ1) is 8.16. The van der Waals surface area contributed by atoms with Crippen molar-refractivity contribution < 1.29 is 4.74 Å². The molecule has 0 radical (unpaired) electrons. The lowest BCUT2D eigenvalue weighted by Gasteiger charge is -2.37. The van der Waals surface area contributed by atoms with Gasteiger partial charge in [-0.15, -0.1) is 0 Å². The lowest BCUT2D eigenvalue weighted by Crippen LogP contribution is -2.46. The number of thioether (sulfide) groups is 1. The van der Waals surface area contributed by atoms with E-state index in [4.69, 9.17) is 4.74 Å². The molecule has 2 rings (SSSR count). The molecule has 4 heteroatoms. The quantitative estimate of drug-likeness (QED) is 0.757. The van der Waals surface area contributed by atoms with Crippen molar-refractivity contribution in [3.05, 3.63) is 0 Å². The zero-order valence-electron chi connectivity index (χ0n) is 11.2. The zero-order valence-corrected chi connectivity index (χ0v) is 12.0. The van der Waals surface area contributed by atoms with Gasteiger partial charge in [-0.1, -0.05) is 0 Å². The van der Waals surface area contributed by atoms with Crippen molar-refractivity contribution in [1.82, 2.24) is 10.2 Å². The SMILES string of the molecule is CC1(C)CN(CCNCC2CCCO2)CCS1. The Balaban J connectivity index is 1.55. The van der Waals surface area contributed by atoms with Crippen molar-refractivity contribution in [1.29, 1.82) is 0 Å². The number of hydrogen-bond donors (Lipinski definition) is 1. The fraction of sp³-hybridized carbons (Fsp3) is 1.00. The smallest absolute Gasteiger partial charge is 0.0700 e. The summed E-state index contributed by atoms with van der Waals surface area (Å²) in [5.74, 6) is 1.28. The van der Waals surface area contributed by atoms with Crippen molar-refractivity contribution in [2.24, 2.45) is 0 Å². The normalized spacial score (nSPS) is 29.6. The number of hydrogen-bond acceptors (Lipinski definition) is 4. The van der Waals surface area contributed by atoms with Gasteiger partial charge in [0.1, 0.15) is 0 Å². The lowest BCUT2D eigenvalue weighted by molar-refractivity contribution is 0.109. The standard InChI is InChI=1S/C13H26N2OS/c1-13(2)11-15(7-9-17-13)6-5-14-10-12-4-3-8-16-12/h12,14H,3-11H2,1-2H3. The van der Waals surface area contributed by atoms with Crippen LogP contribution in [0.2, 0.25) is 0 Å². The van der Waals surface area contributed by atoms with Crippen molar-refractivity contribution in [3.63, 3.8) is 0 Å². The predicted octanol–water partition coefficient (Wildman–Crippen LogP) is 1.58. The third-order valence-electron chi connectivity index (χ3n) is 3.51. The van der Waals surface area contributed by atoms with E-state index in [1.807, 2.05) is 0 Å². The molecule has 0 aromatic rings. The molecule has 0 bridgehead atoms. The first-order valence-electron chi connectivity index (χ1n) is 6.84. The molecular weight excluding hydrogens is 232 g/mol. The Hall–Kier alpha value is 0.230. The third-order valence-corrected chi connectivity index (χ3v) is 4.80. The average molecular weight is 258 g/mol. The third kappa shape index (κ3) is 4.78. The second-order valence-corrected chi connectivity index (χ2v) is 7.53. The summed E-state index contributed by atoms with van der Waals surface area (Å²) in [6.45, 7) is 11.4. The van der Waals surface area contributed by atoms with Crippen LogP contribution in [0.1, 0.15) is 26.7 Å². The van der Waals surface area contributed by atoms with Crippen LogP contribution in [0.5, 0.6) is 0 Å². The van der Waals surface area contributed by atoms with Crippen molar-refractivity contribution in [2.45, 2.75) is 37.5 Å². The Morgan fingerprint density at radius 3 is 3.06 bits per heavy atom. The summed E-state index contributed by atoms with van der Waals surface area (Å²) in [5.41, 5.74) is 0. The van der Waals surface area contributed by atoms with E-state index in [1.54, 1.807) is 0 Å². The topological polar surface area (TPSA) is 24.5 Å². The molecule has 2 heterocycles. The average Bonchev–Trinajstić information content (AvgIpc) is 2.76. The second kappa shape index (κ2) is 6.41. The molecule has 17 heavy (non-hydrogen) atoms. The summed E-state index contributed by atoms with van der Waals surface area (Å²) in [4.78, 5) is 2.58. The minimum absolute atomic E-state index is 0.437. The number of nitrogens with zero attached hydrogens (tertiary/aromatic N) is 1. The Morgan fingerprint density at radius 2 is 2.35 bits per heavy atom. The van der Waals surface area contributed by atoms with Gasteiger partial charge in [0.25, 0.3) is 0 Å². The van der Waals surface area contributed by atoms with Crippen LogP contribution in [0.25, 0.3) is 0 Å². The number of rotatable bonds is 5. The highest BCUT2D eigenvalue weighted by molar-refractivity contribution is 8.00. The molecular formula is C13H26N2OS. The predicted molar refractivity (Wildman–Crippen MR) is 74.8 cm³/mol. The van der Waals surface area contributed by atoms with Crippen LogP contribution in [-0.4, -0.2) is 60.8 Å². The van der Waals surface area contributed by atoms with Gasteiger partial charge < -0.3 is 10.1 Å². The molecule has 2 aliphatic heterocycles. The molecule has 2 fully saturated rings. The molecule has 1 N–H and O–H groups in total. The highest BCUT2D eigenvalue weighted by Crippen LogP contribution is 2.29. The fourth-order valence-electron chi connectivity index (χ4n) is 2.61. The van der Waals surface area contributed by atoms with Gasteiger partial charge >= 0.3 is 0 Å². The van der Waals surface area contributed by atoms with Gasteiger partial charge in [-0.3, -0.25) is 4.90 Å². The van der Waals surface area contributed by atoms with Gasteiger partial charge in [-0.2, -0.15) is 11.8 Å². The van der Waals surface area contributed by atoms with E-state index in [0.717, 1.165) is 19.7 Å². The second-order valence-electron chi connectivity index (χ2n) is 5.72. The van der Waals surface area contributed by atoms with Gasteiger partial charge in [0.15, 0.2) is 0 Å². The molecule has 2 aliphatic rings. The Morgan fingerprint density at radius 1 is 1.47 bits per heavy atom. The molecule has 100 valence electrons. The zero-order chi connectivity index (χ0) is 12.1. The molecule has 2 saturated heterocycles. The molecule has 0 saturated carbocycles. The summed E-state index contributed by atoms with van der Waals surface area (Å²) in [5, 5.41) is 3.53. The Labute approximate surface area is 110 Å². The van der Waals surface area contributed by atoms with Crippen LogP contribution in [0.4, 0.5) is 0 Å². The maximum Gasteiger partial charge on any atom is 0.0700 e. The monoisotopic (exact) mass is 258 g/mol. The minimum Gasteiger partial charge on any atom is -0.377 e.